The minimum Gasteiger partial charge on any atom is -0.465 e. The first-order valence-corrected chi connectivity index (χ1v) is 7.59. The van der Waals surface area contributed by atoms with Crippen LogP contribution < -0.4 is 10.6 Å². The second-order valence-electron chi connectivity index (χ2n) is 6.31. The Morgan fingerprint density at radius 2 is 1.87 bits per heavy atom. The summed E-state index contributed by atoms with van der Waals surface area (Å²) in [4.78, 5) is 23.3. The quantitative estimate of drug-likeness (QED) is 0.787. The zero-order valence-electron chi connectivity index (χ0n) is 14.4. The Morgan fingerprint density at radius 1 is 1.22 bits per heavy atom. The number of esters is 1. The standard InChI is InChI=1S/C17H26N2O4/c1-12(10-19-16(21)23-17(2,3)4)18-11-13-8-6-7-9-14(13)15(20)22-5/h6-9,12,18H,10-11H2,1-5H3,(H,19,21). The molecular formula is C17H26N2O4. The Kier molecular flexibility index (Phi) is 7.03. The third-order valence-corrected chi connectivity index (χ3v) is 3.02. The van der Waals surface area contributed by atoms with E-state index < -0.39 is 11.7 Å². The van der Waals surface area contributed by atoms with E-state index in [0.29, 0.717) is 18.7 Å². The summed E-state index contributed by atoms with van der Waals surface area (Å²) in [5.74, 6) is -0.359. The highest BCUT2D eigenvalue weighted by Crippen LogP contribution is 2.10. The SMILES string of the molecule is COC(=O)c1ccccc1CNC(C)CNC(=O)OC(C)(C)C. The molecule has 0 aliphatic rings. The van der Waals surface area contributed by atoms with Crippen molar-refractivity contribution in [2.24, 2.45) is 0 Å². The van der Waals surface area contributed by atoms with E-state index in [9.17, 15) is 9.59 Å². The van der Waals surface area contributed by atoms with Crippen molar-refractivity contribution in [1.29, 1.82) is 0 Å². The van der Waals surface area contributed by atoms with Crippen molar-refractivity contribution in [3.05, 3.63) is 35.4 Å². The third-order valence-electron chi connectivity index (χ3n) is 3.02. The van der Waals surface area contributed by atoms with E-state index in [-0.39, 0.29) is 12.0 Å². The Bertz CT molecular complexity index is 538. The van der Waals surface area contributed by atoms with Gasteiger partial charge in [-0.05, 0) is 39.3 Å². The summed E-state index contributed by atoms with van der Waals surface area (Å²) in [5.41, 5.74) is 0.874. The van der Waals surface area contributed by atoms with Crippen molar-refractivity contribution in [3.63, 3.8) is 0 Å². The van der Waals surface area contributed by atoms with Gasteiger partial charge in [-0.2, -0.15) is 0 Å². The Morgan fingerprint density at radius 3 is 2.48 bits per heavy atom. The van der Waals surface area contributed by atoms with Crippen LogP contribution in [0.2, 0.25) is 0 Å². The normalized spacial score (nSPS) is 12.4. The maximum Gasteiger partial charge on any atom is 0.407 e. The van der Waals surface area contributed by atoms with Crippen LogP contribution in [0.4, 0.5) is 4.79 Å². The molecule has 1 aromatic rings. The molecule has 0 saturated heterocycles. The van der Waals surface area contributed by atoms with Gasteiger partial charge in [0.1, 0.15) is 5.60 Å². The van der Waals surface area contributed by atoms with E-state index in [1.54, 1.807) is 12.1 Å². The average Bonchev–Trinajstić information content (AvgIpc) is 2.48. The van der Waals surface area contributed by atoms with E-state index in [4.69, 9.17) is 9.47 Å². The van der Waals surface area contributed by atoms with Crippen LogP contribution >= 0.6 is 0 Å². The minimum atomic E-state index is -0.514. The zero-order chi connectivity index (χ0) is 17.5. The summed E-state index contributed by atoms with van der Waals surface area (Å²) in [6.45, 7) is 8.32. The number of ether oxygens (including phenoxy) is 2. The van der Waals surface area contributed by atoms with Crippen LogP contribution in [0.25, 0.3) is 0 Å². The van der Waals surface area contributed by atoms with E-state index in [0.717, 1.165) is 5.56 Å². The molecule has 1 unspecified atom stereocenters. The minimum absolute atomic E-state index is 0.0215. The van der Waals surface area contributed by atoms with Crippen molar-refractivity contribution >= 4 is 12.1 Å². The third kappa shape index (κ3) is 7.15. The number of hydrogen-bond acceptors (Lipinski definition) is 5. The molecule has 0 aromatic heterocycles. The summed E-state index contributed by atoms with van der Waals surface area (Å²) < 4.78 is 9.95. The maximum atomic E-state index is 11.7. The first-order chi connectivity index (χ1) is 10.7. The van der Waals surface area contributed by atoms with Gasteiger partial charge in [0, 0.05) is 19.1 Å². The van der Waals surface area contributed by atoms with Crippen molar-refractivity contribution in [1.82, 2.24) is 10.6 Å². The lowest BCUT2D eigenvalue weighted by molar-refractivity contribution is 0.0522. The molecule has 0 heterocycles. The van der Waals surface area contributed by atoms with Crippen LogP contribution in [-0.2, 0) is 16.0 Å². The van der Waals surface area contributed by atoms with Gasteiger partial charge < -0.3 is 20.1 Å². The Labute approximate surface area is 137 Å². The molecule has 0 saturated carbocycles. The van der Waals surface area contributed by atoms with Gasteiger partial charge in [-0.25, -0.2) is 9.59 Å². The molecule has 0 spiro atoms. The molecule has 0 radical (unpaired) electrons. The number of nitrogens with one attached hydrogen (secondary N) is 2. The van der Waals surface area contributed by atoms with Gasteiger partial charge in [-0.1, -0.05) is 18.2 Å². The number of carbonyl (C=O) groups excluding carboxylic acids is 2. The molecule has 6 heteroatoms. The van der Waals surface area contributed by atoms with E-state index in [1.165, 1.54) is 7.11 Å². The number of rotatable bonds is 6. The average molecular weight is 322 g/mol. The molecule has 23 heavy (non-hydrogen) atoms. The van der Waals surface area contributed by atoms with E-state index >= 15 is 0 Å². The molecule has 1 aromatic carbocycles. The van der Waals surface area contributed by atoms with Gasteiger partial charge in [-0.3, -0.25) is 0 Å². The summed E-state index contributed by atoms with van der Waals surface area (Å²) in [6, 6.07) is 7.28. The van der Waals surface area contributed by atoms with Gasteiger partial charge >= 0.3 is 12.1 Å². The number of carbonyl (C=O) groups is 2. The van der Waals surface area contributed by atoms with Crippen LogP contribution in [-0.4, -0.2) is 37.4 Å². The van der Waals surface area contributed by atoms with Crippen molar-refractivity contribution in [2.45, 2.75) is 45.9 Å². The molecule has 1 rings (SSSR count). The van der Waals surface area contributed by atoms with Gasteiger partial charge in [0.2, 0.25) is 0 Å². The predicted molar refractivity (Wildman–Crippen MR) is 88.3 cm³/mol. The van der Waals surface area contributed by atoms with E-state index in [1.807, 2.05) is 39.8 Å². The van der Waals surface area contributed by atoms with Crippen molar-refractivity contribution < 1.29 is 19.1 Å². The predicted octanol–water partition coefficient (Wildman–Crippen LogP) is 2.48. The van der Waals surface area contributed by atoms with Crippen LogP contribution in [0.5, 0.6) is 0 Å². The lowest BCUT2D eigenvalue weighted by Crippen LogP contribution is -2.41. The van der Waals surface area contributed by atoms with Gasteiger partial charge in [0.15, 0.2) is 0 Å². The number of amides is 1. The van der Waals surface area contributed by atoms with Gasteiger partial charge in [0.05, 0.1) is 12.7 Å². The topological polar surface area (TPSA) is 76.7 Å². The highest BCUT2D eigenvalue weighted by Gasteiger charge is 2.16. The maximum absolute atomic E-state index is 11.7. The number of hydrogen-bond donors (Lipinski definition) is 2. The summed E-state index contributed by atoms with van der Waals surface area (Å²) in [7, 11) is 1.36. The second-order valence-corrected chi connectivity index (χ2v) is 6.31. The molecule has 1 atom stereocenters. The smallest absolute Gasteiger partial charge is 0.407 e. The molecule has 0 aliphatic carbocycles. The first-order valence-electron chi connectivity index (χ1n) is 7.59. The lowest BCUT2D eigenvalue weighted by Gasteiger charge is -2.21. The molecule has 128 valence electrons. The molecule has 6 nitrogen and oxygen atoms in total. The largest absolute Gasteiger partial charge is 0.465 e. The highest BCUT2D eigenvalue weighted by atomic mass is 16.6. The summed E-state index contributed by atoms with van der Waals surface area (Å²) in [6.07, 6.45) is -0.443. The molecule has 0 aliphatic heterocycles. The number of benzene rings is 1. The van der Waals surface area contributed by atoms with Gasteiger partial charge in [-0.15, -0.1) is 0 Å². The monoisotopic (exact) mass is 322 g/mol. The Hall–Kier alpha value is -2.08. The van der Waals surface area contributed by atoms with Gasteiger partial charge in [0.25, 0.3) is 0 Å². The summed E-state index contributed by atoms with van der Waals surface area (Å²) >= 11 is 0. The molecular weight excluding hydrogens is 296 g/mol. The first kappa shape index (κ1) is 19.0. The highest BCUT2D eigenvalue weighted by molar-refractivity contribution is 5.90. The van der Waals surface area contributed by atoms with Crippen LogP contribution in [0.3, 0.4) is 0 Å². The second kappa shape index (κ2) is 8.53. The number of alkyl carbamates (subject to hydrolysis) is 1. The van der Waals surface area contributed by atoms with Crippen LogP contribution in [0.1, 0.15) is 43.6 Å². The van der Waals surface area contributed by atoms with E-state index in [2.05, 4.69) is 10.6 Å². The van der Waals surface area contributed by atoms with Crippen molar-refractivity contribution in [3.8, 4) is 0 Å². The van der Waals surface area contributed by atoms with Crippen molar-refractivity contribution in [2.75, 3.05) is 13.7 Å². The lowest BCUT2D eigenvalue weighted by atomic mass is 10.1. The molecule has 0 fully saturated rings. The zero-order valence-corrected chi connectivity index (χ0v) is 14.4. The fraction of sp³-hybridized carbons (Fsp3) is 0.529. The fourth-order valence-electron chi connectivity index (χ4n) is 1.89. The van der Waals surface area contributed by atoms with Crippen LogP contribution in [0.15, 0.2) is 24.3 Å². The molecule has 0 bridgehead atoms. The fourth-order valence-corrected chi connectivity index (χ4v) is 1.89. The number of methoxy groups -OCH3 is 1. The summed E-state index contributed by atoms with van der Waals surface area (Å²) in [5, 5.41) is 5.97. The Balaban J connectivity index is 2.47. The van der Waals surface area contributed by atoms with Crippen LogP contribution in [0, 0.1) is 0 Å². The molecule has 1 amide bonds. The molecule has 2 N–H and O–H groups in total.